The summed E-state index contributed by atoms with van der Waals surface area (Å²) < 4.78 is 14.1. The van der Waals surface area contributed by atoms with Gasteiger partial charge in [0.05, 0.1) is 16.0 Å². The van der Waals surface area contributed by atoms with E-state index in [0.717, 1.165) is 6.20 Å². The summed E-state index contributed by atoms with van der Waals surface area (Å²) in [4.78, 5) is 16.3. The molecule has 3 aromatic heterocycles. The maximum atomic E-state index is 14.1. The summed E-state index contributed by atoms with van der Waals surface area (Å²) >= 11 is 7.23. The van der Waals surface area contributed by atoms with Crippen LogP contribution in [0, 0.1) is 5.82 Å². The highest BCUT2D eigenvalue weighted by molar-refractivity contribution is 7.19. The van der Waals surface area contributed by atoms with Crippen molar-refractivity contribution in [2.75, 3.05) is 0 Å². The number of hydrogen-bond acceptors (Lipinski definition) is 5. The van der Waals surface area contributed by atoms with E-state index in [-0.39, 0.29) is 5.69 Å². The highest BCUT2D eigenvalue weighted by Gasteiger charge is 2.23. The molecule has 8 heteroatoms. The minimum absolute atomic E-state index is 0.187. The Kier molecular flexibility index (Phi) is 4.50. The van der Waals surface area contributed by atoms with Gasteiger partial charge in [0.15, 0.2) is 5.82 Å². The van der Waals surface area contributed by atoms with Crippen molar-refractivity contribution in [3.8, 4) is 21.3 Å². The largest absolute Gasteiger partial charge is 0.384 e. The number of aromatic nitrogens is 4. The van der Waals surface area contributed by atoms with Crippen LogP contribution in [0.2, 0.25) is 5.02 Å². The number of aromatic amines is 1. The molecule has 0 saturated carbocycles. The number of benzene rings is 1. The Balaban J connectivity index is 1.85. The third kappa shape index (κ3) is 3.12. The zero-order valence-corrected chi connectivity index (χ0v) is 14.8. The summed E-state index contributed by atoms with van der Waals surface area (Å²) in [6.45, 7) is 0. The van der Waals surface area contributed by atoms with Crippen molar-refractivity contribution in [3.05, 3.63) is 77.2 Å². The quantitative estimate of drug-likeness (QED) is 0.542. The number of hydrogen-bond donors (Lipinski definition) is 2. The Morgan fingerprint density at radius 1 is 1.19 bits per heavy atom. The minimum Gasteiger partial charge on any atom is -0.384 e. The number of thiophene rings is 1. The molecule has 4 aromatic rings. The van der Waals surface area contributed by atoms with E-state index in [9.17, 15) is 9.50 Å². The molecule has 0 amide bonds. The van der Waals surface area contributed by atoms with Gasteiger partial charge in [-0.05, 0) is 23.8 Å². The number of H-pyrrole nitrogens is 1. The minimum atomic E-state index is -0.915. The van der Waals surface area contributed by atoms with Crippen molar-refractivity contribution in [2.45, 2.75) is 6.10 Å². The number of nitrogens with zero attached hydrogens (tertiary/aromatic N) is 3. The Bertz CT molecular complexity index is 1030. The number of aliphatic hydroxyl groups excluding tert-OH is 1. The van der Waals surface area contributed by atoms with Crippen molar-refractivity contribution < 1.29 is 9.50 Å². The van der Waals surface area contributed by atoms with Crippen LogP contribution in [0.25, 0.3) is 21.3 Å². The molecule has 130 valence electrons. The zero-order valence-electron chi connectivity index (χ0n) is 13.2. The van der Waals surface area contributed by atoms with Gasteiger partial charge in [0.2, 0.25) is 0 Å². The second-order valence-electron chi connectivity index (χ2n) is 5.51. The Hall–Kier alpha value is -2.61. The van der Waals surface area contributed by atoms with E-state index in [4.69, 9.17) is 11.6 Å². The van der Waals surface area contributed by atoms with E-state index in [1.165, 1.54) is 17.7 Å². The van der Waals surface area contributed by atoms with E-state index in [2.05, 4.69) is 19.9 Å². The van der Waals surface area contributed by atoms with Gasteiger partial charge in [0.25, 0.3) is 0 Å². The van der Waals surface area contributed by atoms with E-state index in [1.807, 2.05) is 0 Å². The monoisotopic (exact) mass is 386 g/mol. The van der Waals surface area contributed by atoms with Gasteiger partial charge in [0.1, 0.15) is 23.9 Å². The molecule has 0 bridgehead atoms. The Morgan fingerprint density at radius 3 is 2.69 bits per heavy atom. The molecule has 0 radical (unpaired) electrons. The van der Waals surface area contributed by atoms with Gasteiger partial charge in [-0.2, -0.15) is 0 Å². The van der Waals surface area contributed by atoms with E-state index in [1.54, 1.807) is 42.7 Å². The molecule has 0 aliphatic rings. The van der Waals surface area contributed by atoms with Crippen LogP contribution in [-0.4, -0.2) is 25.0 Å². The summed E-state index contributed by atoms with van der Waals surface area (Å²) in [7, 11) is 0. The summed E-state index contributed by atoms with van der Waals surface area (Å²) in [5.41, 5.74) is 1.47. The molecule has 1 unspecified atom stereocenters. The highest BCUT2D eigenvalue weighted by atomic mass is 35.5. The molecule has 26 heavy (non-hydrogen) atoms. The van der Waals surface area contributed by atoms with Gasteiger partial charge < -0.3 is 10.1 Å². The fourth-order valence-corrected chi connectivity index (χ4v) is 3.89. The van der Waals surface area contributed by atoms with Gasteiger partial charge in [-0.3, -0.25) is 0 Å². The van der Waals surface area contributed by atoms with Crippen molar-refractivity contribution >= 4 is 22.9 Å². The van der Waals surface area contributed by atoms with Crippen LogP contribution in [0.15, 0.2) is 55.2 Å². The summed E-state index contributed by atoms with van der Waals surface area (Å²) in [6.07, 6.45) is 4.81. The molecule has 0 saturated heterocycles. The predicted molar refractivity (Wildman–Crippen MR) is 98.4 cm³/mol. The molecular formula is C18H12ClFN4OS. The number of rotatable bonds is 4. The first kappa shape index (κ1) is 16.8. The SMILES string of the molecule is OC(c1ccc(Cl)cc1)c1cc(-c2ncncc2F)sc1-c1ncc[nH]1. The Morgan fingerprint density at radius 2 is 2.00 bits per heavy atom. The van der Waals surface area contributed by atoms with Crippen LogP contribution >= 0.6 is 22.9 Å². The van der Waals surface area contributed by atoms with Gasteiger partial charge in [-0.15, -0.1) is 11.3 Å². The molecule has 1 aromatic carbocycles. The van der Waals surface area contributed by atoms with Crippen molar-refractivity contribution in [1.82, 2.24) is 19.9 Å². The zero-order chi connectivity index (χ0) is 18.1. The van der Waals surface area contributed by atoms with Gasteiger partial charge in [-0.25, -0.2) is 19.3 Å². The van der Waals surface area contributed by atoms with Crippen LogP contribution < -0.4 is 0 Å². The number of imidazole rings is 1. The second kappa shape index (κ2) is 6.95. The lowest BCUT2D eigenvalue weighted by molar-refractivity contribution is 0.221. The normalized spacial score (nSPS) is 12.3. The molecule has 0 fully saturated rings. The summed E-state index contributed by atoms with van der Waals surface area (Å²) in [6, 6.07) is 8.66. The van der Waals surface area contributed by atoms with Crippen LogP contribution in [0.1, 0.15) is 17.2 Å². The van der Waals surface area contributed by atoms with Crippen LogP contribution in [-0.2, 0) is 0 Å². The number of aliphatic hydroxyl groups is 1. The molecule has 4 rings (SSSR count). The van der Waals surface area contributed by atoms with Gasteiger partial charge in [-0.1, -0.05) is 23.7 Å². The first-order valence-corrected chi connectivity index (χ1v) is 8.86. The lowest BCUT2D eigenvalue weighted by Crippen LogP contribution is -2.00. The molecule has 0 aliphatic heterocycles. The maximum absolute atomic E-state index is 14.1. The molecule has 0 aliphatic carbocycles. The second-order valence-corrected chi connectivity index (χ2v) is 6.99. The fraction of sp³-hybridized carbons (Fsp3) is 0.0556. The van der Waals surface area contributed by atoms with Crippen molar-refractivity contribution in [3.63, 3.8) is 0 Å². The maximum Gasteiger partial charge on any atom is 0.168 e. The molecule has 1 atom stereocenters. The standard InChI is InChI=1S/C18H12ClFN4OS/c19-11-3-1-10(2-4-11)16(25)12-7-14(15-13(20)8-21-9-24-15)26-17(12)18-22-5-6-23-18/h1-9,16,25H,(H,22,23). The smallest absolute Gasteiger partial charge is 0.168 e. The number of halogens is 2. The summed E-state index contributed by atoms with van der Waals surface area (Å²) in [5, 5.41) is 11.5. The molecular weight excluding hydrogens is 375 g/mol. The van der Waals surface area contributed by atoms with Crippen LogP contribution in [0.3, 0.4) is 0 Å². The van der Waals surface area contributed by atoms with E-state index >= 15 is 0 Å². The predicted octanol–water partition coefficient (Wildman–Crippen LogP) is 4.47. The average molecular weight is 387 g/mol. The van der Waals surface area contributed by atoms with Gasteiger partial charge in [0, 0.05) is 23.0 Å². The van der Waals surface area contributed by atoms with Gasteiger partial charge >= 0.3 is 0 Å². The third-order valence-corrected chi connectivity index (χ3v) is 5.27. The first-order chi connectivity index (χ1) is 12.6. The first-order valence-electron chi connectivity index (χ1n) is 7.66. The fourth-order valence-electron chi connectivity index (χ4n) is 2.62. The molecule has 2 N–H and O–H groups in total. The summed E-state index contributed by atoms with van der Waals surface area (Å²) in [5.74, 6) is 0.0750. The molecule has 5 nitrogen and oxygen atoms in total. The molecule has 0 spiro atoms. The van der Waals surface area contributed by atoms with E-state index < -0.39 is 11.9 Å². The lowest BCUT2D eigenvalue weighted by atomic mass is 10.0. The molecule has 3 heterocycles. The van der Waals surface area contributed by atoms with Crippen LogP contribution in [0.5, 0.6) is 0 Å². The third-order valence-electron chi connectivity index (χ3n) is 3.86. The van der Waals surface area contributed by atoms with Crippen LogP contribution in [0.4, 0.5) is 4.39 Å². The van der Waals surface area contributed by atoms with E-state index in [0.29, 0.717) is 31.7 Å². The topological polar surface area (TPSA) is 74.7 Å². The van der Waals surface area contributed by atoms with Crippen molar-refractivity contribution in [2.24, 2.45) is 0 Å². The lowest BCUT2D eigenvalue weighted by Gasteiger charge is -2.11. The Labute approximate surface area is 157 Å². The number of nitrogens with one attached hydrogen (secondary N) is 1. The average Bonchev–Trinajstić information content (AvgIpc) is 3.32. The highest BCUT2D eigenvalue weighted by Crippen LogP contribution is 2.41. The van der Waals surface area contributed by atoms with Crippen molar-refractivity contribution in [1.29, 1.82) is 0 Å².